The van der Waals surface area contributed by atoms with Crippen molar-refractivity contribution in [3.63, 3.8) is 0 Å². The molecule has 1 aromatic heterocycles. The molecule has 0 radical (unpaired) electrons. The molecular formula is C11H11BrFN3O. The van der Waals surface area contributed by atoms with Crippen molar-refractivity contribution in [2.75, 3.05) is 6.54 Å². The van der Waals surface area contributed by atoms with Crippen molar-refractivity contribution in [2.24, 2.45) is 5.73 Å². The Kier molecular flexibility index (Phi) is 3.54. The first-order chi connectivity index (χ1) is 8.11. The normalized spacial score (nSPS) is 12.7. The summed E-state index contributed by atoms with van der Waals surface area (Å²) < 4.78 is 18.5. The first-order valence-electron chi connectivity index (χ1n) is 5.11. The second kappa shape index (κ2) is 4.93. The summed E-state index contributed by atoms with van der Waals surface area (Å²) in [6.07, 6.45) is 0. The highest BCUT2D eigenvalue weighted by atomic mass is 79.9. The van der Waals surface area contributed by atoms with Gasteiger partial charge in [-0.3, -0.25) is 0 Å². The van der Waals surface area contributed by atoms with E-state index < -0.39 is 0 Å². The minimum absolute atomic E-state index is 0.0383. The molecule has 1 aromatic carbocycles. The van der Waals surface area contributed by atoms with Gasteiger partial charge in [0.25, 0.3) is 5.89 Å². The smallest absolute Gasteiger partial charge is 0.257 e. The lowest BCUT2D eigenvalue weighted by molar-refractivity contribution is 0.418. The van der Waals surface area contributed by atoms with Gasteiger partial charge in [-0.25, -0.2) is 4.39 Å². The Morgan fingerprint density at radius 1 is 1.53 bits per heavy atom. The van der Waals surface area contributed by atoms with Gasteiger partial charge in [-0.05, 0) is 34.1 Å². The van der Waals surface area contributed by atoms with E-state index in [0.29, 0.717) is 28.3 Å². The molecule has 0 saturated carbocycles. The summed E-state index contributed by atoms with van der Waals surface area (Å²) in [4.78, 5) is 4.22. The molecule has 90 valence electrons. The van der Waals surface area contributed by atoms with Crippen molar-refractivity contribution in [3.8, 4) is 11.5 Å². The van der Waals surface area contributed by atoms with Crippen LogP contribution in [0.15, 0.2) is 27.2 Å². The Balaban J connectivity index is 2.33. The Morgan fingerprint density at radius 2 is 2.29 bits per heavy atom. The average Bonchev–Trinajstić information content (AvgIpc) is 2.81. The van der Waals surface area contributed by atoms with Crippen LogP contribution in [0.4, 0.5) is 4.39 Å². The quantitative estimate of drug-likeness (QED) is 0.946. The summed E-state index contributed by atoms with van der Waals surface area (Å²) in [6, 6.07) is 4.53. The van der Waals surface area contributed by atoms with E-state index in [1.807, 2.05) is 6.92 Å². The molecule has 1 atom stereocenters. The topological polar surface area (TPSA) is 64.9 Å². The van der Waals surface area contributed by atoms with Crippen molar-refractivity contribution in [1.29, 1.82) is 0 Å². The lowest BCUT2D eigenvalue weighted by atomic mass is 10.2. The van der Waals surface area contributed by atoms with E-state index in [1.54, 1.807) is 12.1 Å². The van der Waals surface area contributed by atoms with Gasteiger partial charge in [-0.1, -0.05) is 12.1 Å². The minimum atomic E-state index is -0.330. The average molecular weight is 300 g/mol. The second-order valence-corrected chi connectivity index (χ2v) is 4.58. The van der Waals surface area contributed by atoms with E-state index in [9.17, 15) is 4.39 Å². The van der Waals surface area contributed by atoms with Crippen LogP contribution in [0.25, 0.3) is 11.5 Å². The second-order valence-electron chi connectivity index (χ2n) is 3.72. The summed E-state index contributed by atoms with van der Waals surface area (Å²) in [7, 11) is 0. The third kappa shape index (κ3) is 2.53. The lowest BCUT2D eigenvalue weighted by Crippen LogP contribution is -2.10. The highest BCUT2D eigenvalue weighted by molar-refractivity contribution is 9.10. The van der Waals surface area contributed by atoms with Crippen LogP contribution in [0, 0.1) is 5.82 Å². The van der Waals surface area contributed by atoms with Gasteiger partial charge < -0.3 is 10.3 Å². The van der Waals surface area contributed by atoms with Crippen molar-refractivity contribution < 1.29 is 8.91 Å². The number of nitrogens with two attached hydrogens (primary N) is 1. The molecule has 0 saturated heterocycles. The molecule has 2 aromatic rings. The number of halogens is 2. The highest BCUT2D eigenvalue weighted by Crippen LogP contribution is 2.24. The van der Waals surface area contributed by atoms with Crippen molar-refractivity contribution in [2.45, 2.75) is 12.8 Å². The van der Waals surface area contributed by atoms with E-state index in [4.69, 9.17) is 10.3 Å². The van der Waals surface area contributed by atoms with Gasteiger partial charge >= 0.3 is 0 Å². The van der Waals surface area contributed by atoms with Gasteiger partial charge in [0.2, 0.25) is 0 Å². The molecule has 0 aliphatic rings. The van der Waals surface area contributed by atoms with E-state index in [1.165, 1.54) is 6.07 Å². The molecule has 2 N–H and O–H groups in total. The zero-order valence-electron chi connectivity index (χ0n) is 9.15. The molecule has 0 spiro atoms. The molecule has 1 unspecified atom stereocenters. The third-order valence-electron chi connectivity index (χ3n) is 2.40. The van der Waals surface area contributed by atoms with Crippen LogP contribution in [0.2, 0.25) is 0 Å². The summed E-state index contributed by atoms with van der Waals surface area (Å²) in [5, 5.41) is 3.84. The van der Waals surface area contributed by atoms with Crippen LogP contribution in [-0.4, -0.2) is 16.7 Å². The molecule has 0 bridgehead atoms. The SMILES string of the molecule is CC(CN)c1noc(-c2ccc(F)c(Br)c2)n1. The van der Waals surface area contributed by atoms with Crippen LogP contribution in [-0.2, 0) is 0 Å². The number of hydrogen-bond acceptors (Lipinski definition) is 4. The fraction of sp³-hybridized carbons (Fsp3) is 0.273. The molecule has 0 aliphatic heterocycles. The first-order valence-corrected chi connectivity index (χ1v) is 5.90. The maximum Gasteiger partial charge on any atom is 0.257 e. The van der Waals surface area contributed by atoms with E-state index in [0.717, 1.165) is 0 Å². The summed E-state index contributed by atoms with van der Waals surface area (Å²) in [5.74, 6) is 0.629. The van der Waals surface area contributed by atoms with Crippen molar-refractivity contribution in [3.05, 3.63) is 34.3 Å². The largest absolute Gasteiger partial charge is 0.334 e. The van der Waals surface area contributed by atoms with Crippen LogP contribution >= 0.6 is 15.9 Å². The molecule has 0 aliphatic carbocycles. The molecular weight excluding hydrogens is 289 g/mol. The Bertz CT molecular complexity index is 529. The first kappa shape index (κ1) is 12.2. The zero-order valence-corrected chi connectivity index (χ0v) is 10.7. The predicted molar refractivity (Wildman–Crippen MR) is 64.9 cm³/mol. The van der Waals surface area contributed by atoms with Gasteiger partial charge in [-0.2, -0.15) is 4.98 Å². The molecule has 17 heavy (non-hydrogen) atoms. The molecule has 4 nitrogen and oxygen atoms in total. The summed E-state index contributed by atoms with van der Waals surface area (Å²) >= 11 is 3.11. The Morgan fingerprint density at radius 3 is 2.94 bits per heavy atom. The Hall–Kier alpha value is -1.27. The third-order valence-corrected chi connectivity index (χ3v) is 3.01. The zero-order chi connectivity index (χ0) is 12.4. The highest BCUT2D eigenvalue weighted by Gasteiger charge is 2.14. The maximum atomic E-state index is 13.1. The van der Waals surface area contributed by atoms with Crippen molar-refractivity contribution in [1.82, 2.24) is 10.1 Å². The molecule has 1 heterocycles. The number of nitrogens with zero attached hydrogens (tertiary/aromatic N) is 2. The number of hydrogen-bond donors (Lipinski definition) is 1. The van der Waals surface area contributed by atoms with E-state index in [-0.39, 0.29) is 11.7 Å². The molecule has 0 fully saturated rings. The van der Waals surface area contributed by atoms with E-state index in [2.05, 4.69) is 26.1 Å². The number of benzene rings is 1. The lowest BCUT2D eigenvalue weighted by Gasteiger charge is -1.99. The van der Waals surface area contributed by atoms with Crippen molar-refractivity contribution >= 4 is 15.9 Å². The van der Waals surface area contributed by atoms with Gasteiger partial charge in [0.05, 0.1) is 4.47 Å². The fourth-order valence-corrected chi connectivity index (χ4v) is 1.67. The fourth-order valence-electron chi connectivity index (χ4n) is 1.29. The van der Waals surface area contributed by atoms with E-state index >= 15 is 0 Å². The van der Waals surface area contributed by atoms with Crippen LogP contribution < -0.4 is 5.73 Å². The Labute approximate surface area is 106 Å². The van der Waals surface area contributed by atoms with Crippen LogP contribution in [0.1, 0.15) is 18.7 Å². The van der Waals surface area contributed by atoms with Gasteiger partial charge in [0.1, 0.15) is 5.82 Å². The van der Waals surface area contributed by atoms with Gasteiger partial charge in [-0.15, -0.1) is 0 Å². The maximum absolute atomic E-state index is 13.1. The molecule has 0 amide bonds. The minimum Gasteiger partial charge on any atom is -0.334 e. The number of rotatable bonds is 3. The monoisotopic (exact) mass is 299 g/mol. The van der Waals surface area contributed by atoms with Gasteiger partial charge in [0.15, 0.2) is 5.82 Å². The van der Waals surface area contributed by atoms with Crippen LogP contribution in [0.3, 0.4) is 0 Å². The predicted octanol–water partition coefficient (Wildman–Crippen LogP) is 2.70. The molecule has 6 heteroatoms. The van der Waals surface area contributed by atoms with Gasteiger partial charge in [0, 0.05) is 18.0 Å². The number of aromatic nitrogens is 2. The van der Waals surface area contributed by atoms with Crippen LogP contribution in [0.5, 0.6) is 0 Å². The molecule has 2 rings (SSSR count). The summed E-state index contributed by atoms with van der Waals surface area (Å²) in [5.41, 5.74) is 6.19. The summed E-state index contributed by atoms with van der Waals surface area (Å²) in [6.45, 7) is 2.36. The standard InChI is InChI=1S/C11H11BrFN3O/c1-6(5-14)10-15-11(17-16-10)7-2-3-9(13)8(12)4-7/h2-4,6H,5,14H2,1H3.